The molecule has 0 spiro atoms. The molecule has 9 heteroatoms. The topological polar surface area (TPSA) is 79.1 Å². The fourth-order valence-corrected chi connectivity index (χ4v) is 4.60. The van der Waals surface area contributed by atoms with E-state index < -0.39 is 0 Å². The zero-order valence-electron chi connectivity index (χ0n) is 19.3. The van der Waals surface area contributed by atoms with Gasteiger partial charge in [-0.15, -0.1) is 0 Å². The fourth-order valence-electron chi connectivity index (χ4n) is 4.36. The first-order chi connectivity index (χ1) is 16.1. The van der Waals surface area contributed by atoms with Crippen molar-refractivity contribution in [3.63, 3.8) is 0 Å². The number of methoxy groups -OCH3 is 1. The summed E-state index contributed by atoms with van der Waals surface area (Å²) in [5, 5.41) is 5.04. The van der Waals surface area contributed by atoms with E-state index in [0.717, 1.165) is 76.2 Å². The Morgan fingerprint density at radius 1 is 1.30 bits per heavy atom. The smallest absolute Gasteiger partial charge is 0.253 e. The second kappa shape index (κ2) is 11.8. The molecule has 2 saturated heterocycles. The summed E-state index contributed by atoms with van der Waals surface area (Å²) in [4.78, 5) is 20.3. The largest absolute Gasteiger partial charge is 0.497 e. The standard InChI is InChI=1S/C24H34N4O4S/c1-30-20-6-5-18-14-19(23(29)26-22(18)15-20)16-28(17-21-4-2-11-32-21)24(33)25-7-3-8-27-9-12-31-13-10-27/h5-6,14-15,21H,2-4,7-13,16-17H2,1H3,(H,25,33)(H,26,29)/t21-/m1/s1. The molecule has 0 saturated carbocycles. The van der Waals surface area contributed by atoms with Crippen LogP contribution in [0.3, 0.4) is 0 Å². The first-order valence-electron chi connectivity index (χ1n) is 11.8. The van der Waals surface area contributed by atoms with Crippen LogP contribution in [0.5, 0.6) is 5.75 Å². The van der Waals surface area contributed by atoms with Gasteiger partial charge in [-0.05, 0) is 61.6 Å². The lowest BCUT2D eigenvalue weighted by molar-refractivity contribution is 0.0375. The molecule has 0 amide bonds. The summed E-state index contributed by atoms with van der Waals surface area (Å²) >= 11 is 5.75. The molecule has 1 aromatic heterocycles. The number of thiocarbonyl (C=S) groups is 1. The molecule has 2 aliphatic heterocycles. The quantitative estimate of drug-likeness (QED) is 0.423. The maximum Gasteiger partial charge on any atom is 0.253 e. The van der Waals surface area contributed by atoms with Crippen LogP contribution in [0.4, 0.5) is 0 Å². The van der Waals surface area contributed by atoms with E-state index in [2.05, 4.69) is 20.1 Å². The number of nitrogens with one attached hydrogen (secondary N) is 2. The van der Waals surface area contributed by atoms with Gasteiger partial charge in [-0.3, -0.25) is 9.69 Å². The Hall–Kier alpha value is -2.20. The van der Waals surface area contributed by atoms with Crippen molar-refractivity contribution in [2.45, 2.75) is 31.9 Å². The zero-order chi connectivity index (χ0) is 23.0. The summed E-state index contributed by atoms with van der Waals surface area (Å²) < 4.78 is 16.5. The average molecular weight is 475 g/mol. The Morgan fingerprint density at radius 2 is 2.15 bits per heavy atom. The van der Waals surface area contributed by atoms with Crippen molar-refractivity contribution in [3.8, 4) is 5.75 Å². The molecule has 1 atom stereocenters. The van der Waals surface area contributed by atoms with E-state index >= 15 is 0 Å². The van der Waals surface area contributed by atoms with Crippen LogP contribution in [0.15, 0.2) is 29.1 Å². The maximum absolute atomic E-state index is 12.8. The van der Waals surface area contributed by atoms with Gasteiger partial charge in [-0.1, -0.05) is 0 Å². The summed E-state index contributed by atoms with van der Waals surface area (Å²) in [5.41, 5.74) is 1.34. The van der Waals surface area contributed by atoms with Crippen molar-refractivity contribution in [2.24, 2.45) is 0 Å². The van der Waals surface area contributed by atoms with E-state index in [4.69, 9.17) is 26.4 Å². The first-order valence-corrected chi connectivity index (χ1v) is 12.2. The minimum atomic E-state index is -0.108. The molecule has 33 heavy (non-hydrogen) atoms. The van der Waals surface area contributed by atoms with Gasteiger partial charge in [0.25, 0.3) is 5.56 Å². The lowest BCUT2D eigenvalue weighted by Crippen LogP contribution is -2.45. The fraction of sp³-hybridized carbons (Fsp3) is 0.583. The number of nitrogens with zero attached hydrogens (tertiary/aromatic N) is 2. The third-order valence-electron chi connectivity index (χ3n) is 6.26. The molecule has 0 unspecified atom stereocenters. The molecule has 2 fully saturated rings. The van der Waals surface area contributed by atoms with Crippen molar-refractivity contribution in [2.75, 3.05) is 59.7 Å². The van der Waals surface area contributed by atoms with Crippen molar-refractivity contribution in [3.05, 3.63) is 40.2 Å². The SMILES string of the molecule is COc1ccc2cc(CN(C[C@H]3CCCO3)C(=S)NCCCN3CCOCC3)c(=O)[nH]c2c1. The lowest BCUT2D eigenvalue weighted by atomic mass is 10.1. The highest BCUT2D eigenvalue weighted by Gasteiger charge is 2.22. The van der Waals surface area contributed by atoms with E-state index in [9.17, 15) is 4.79 Å². The molecule has 0 radical (unpaired) electrons. The summed E-state index contributed by atoms with van der Waals surface area (Å²) in [6.07, 6.45) is 3.23. The van der Waals surface area contributed by atoms with Gasteiger partial charge >= 0.3 is 0 Å². The summed E-state index contributed by atoms with van der Waals surface area (Å²) in [7, 11) is 1.62. The van der Waals surface area contributed by atoms with Crippen molar-refractivity contribution in [1.29, 1.82) is 0 Å². The zero-order valence-corrected chi connectivity index (χ0v) is 20.1. The van der Waals surface area contributed by atoms with E-state index in [1.165, 1.54) is 0 Å². The highest BCUT2D eigenvalue weighted by molar-refractivity contribution is 7.80. The highest BCUT2D eigenvalue weighted by Crippen LogP contribution is 2.20. The second-order valence-electron chi connectivity index (χ2n) is 8.63. The Labute approximate surface area is 200 Å². The van der Waals surface area contributed by atoms with Crippen LogP contribution < -0.4 is 15.6 Å². The number of hydrogen-bond acceptors (Lipinski definition) is 6. The number of rotatable bonds is 9. The van der Waals surface area contributed by atoms with E-state index in [0.29, 0.717) is 29.5 Å². The lowest BCUT2D eigenvalue weighted by Gasteiger charge is -2.29. The van der Waals surface area contributed by atoms with Crippen molar-refractivity contribution >= 4 is 28.2 Å². The summed E-state index contributed by atoms with van der Waals surface area (Å²) in [6.45, 7) is 7.34. The molecule has 2 N–H and O–H groups in total. The van der Waals surface area contributed by atoms with Crippen LogP contribution in [-0.4, -0.2) is 85.7 Å². The number of morpholine rings is 1. The minimum Gasteiger partial charge on any atom is -0.497 e. The molecule has 0 aliphatic carbocycles. The van der Waals surface area contributed by atoms with Crippen LogP contribution in [-0.2, 0) is 16.0 Å². The Kier molecular flexibility index (Phi) is 8.55. The summed E-state index contributed by atoms with van der Waals surface area (Å²) in [6, 6.07) is 7.64. The number of aromatic amines is 1. The molecular weight excluding hydrogens is 440 g/mol. The van der Waals surface area contributed by atoms with Crippen LogP contribution in [0.2, 0.25) is 0 Å². The summed E-state index contributed by atoms with van der Waals surface area (Å²) in [5.74, 6) is 0.716. The van der Waals surface area contributed by atoms with E-state index in [1.54, 1.807) is 7.11 Å². The first kappa shape index (κ1) is 23.9. The normalized spacial score (nSPS) is 19.0. The van der Waals surface area contributed by atoms with Crippen LogP contribution in [0.25, 0.3) is 10.9 Å². The number of aromatic nitrogens is 1. The van der Waals surface area contributed by atoms with Crippen LogP contribution in [0, 0.1) is 0 Å². The number of pyridine rings is 1. The van der Waals surface area contributed by atoms with Gasteiger partial charge in [-0.25, -0.2) is 0 Å². The number of hydrogen-bond donors (Lipinski definition) is 2. The molecule has 0 bridgehead atoms. The third kappa shape index (κ3) is 6.66. The molecule has 3 heterocycles. The highest BCUT2D eigenvalue weighted by atomic mass is 32.1. The number of ether oxygens (including phenoxy) is 3. The molecule has 8 nitrogen and oxygen atoms in total. The monoisotopic (exact) mass is 474 g/mol. The van der Waals surface area contributed by atoms with Crippen LogP contribution in [0.1, 0.15) is 24.8 Å². The van der Waals surface area contributed by atoms with Gasteiger partial charge in [0, 0.05) is 44.4 Å². The number of H-pyrrole nitrogens is 1. The molecule has 4 rings (SSSR count). The molecule has 180 valence electrons. The van der Waals surface area contributed by atoms with Crippen LogP contribution >= 0.6 is 12.2 Å². The average Bonchev–Trinajstić information content (AvgIpc) is 3.35. The Balaban J connectivity index is 1.40. The number of fused-ring (bicyclic) bond motifs is 1. The predicted molar refractivity (Wildman–Crippen MR) is 133 cm³/mol. The number of benzene rings is 1. The van der Waals surface area contributed by atoms with Crippen molar-refractivity contribution in [1.82, 2.24) is 20.1 Å². The minimum absolute atomic E-state index is 0.108. The molecule has 2 aliphatic rings. The molecular formula is C24H34N4O4S. The van der Waals surface area contributed by atoms with Gasteiger partial charge < -0.3 is 29.4 Å². The van der Waals surface area contributed by atoms with E-state index in [1.807, 2.05) is 24.3 Å². The Bertz CT molecular complexity index is 986. The maximum atomic E-state index is 12.8. The predicted octanol–water partition coefficient (Wildman–Crippen LogP) is 2.11. The van der Waals surface area contributed by atoms with Gasteiger partial charge in [0.05, 0.1) is 38.5 Å². The molecule has 2 aromatic rings. The third-order valence-corrected chi connectivity index (χ3v) is 6.66. The van der Waals surface area contributed by atoms with E-state index in [-0.39, 0.29) is 11.7 Å². The van der Waals surface area contributed by atoms with Gasteiger partial charge in [0.1, 0.15) is 5.75 Å². The van der Waals surface area contributed by atoms with Gasteiger partial charge in [0.2, 0.25) is 0 Å². The Morgan fingerprint density at radius 3 is 2.91 bits per heavy atom. The van der Waals surface area contributed by atoms with Gasteiger partial charge in [-0.2, -0.15) is 0 Å². The van der Waals surface area contributed by atoms with Gasteiger partial charge in [0.15, 0.2) is 5.11 Å². The van der Waals surface area contributed by atoms with Crippen molar-refractivity contribution < 1.29 is 14.2 Å². The second-order valence-corrected chi connectivity index (χ2v) is 9.02. The molecule has 1 aromatic carbocycles.